The average molecular weight is 331 g/mol. The van der Waals surface area contributed by atoms with E-state index in [0.29, 0.717) is 39.2 Å². The number of likely N-dealkylation sites (tertiary alicyclic amines) is 1. The van der Waals surface area contributed by atoms with Crippen LogP contribution in [0.5, 0.6) is 0 Å². The summed E-state index contributed by atoms with van der Waals surface area (Å²) in [5, 5.41) is 2.97. The molecule has 2 fully saturated rings. The highest BCUT2D eigenvalue weighted by Crippen LogP contribution is 2.15. The lowest BCUT2D eigenvalue weighted by Crippen LogP contribution is -2.48. The Morgan fingerprint density at radius 2 is 2.17 bits per heavy atom. The number of carbonyl (C=O) groups excluding carboxylic acids is 2. The zero-order valence-corrected chi connectivity index (χ0v) is 14.2. The zero-order chi connectivity index (χ0) is 16.9. The minimum absolute atomic E-state index is 0.0507. The van der Waals surface area contributed by atoms with Gasteiger partial charge in [0.2, 0.25) is 5.91 Å². The Bertz CT molecular complexity index is 605. The van der Waals surface area contributed by atoms with E-state index in [0.717, 1.165) is 24.1 Å². The molecule has 3 amide bonds. The standard InChI is InChI=1S/C18H25N3O3/c1-14-12-21(8-9-24-14)18(23)19-11-15-4-2-5-16(10-15)13-20-7-3-6-17(20)22/h2,4-5,10,14H,3,6-9,11-13H2,1H3,(H,19,23). The molecular formula is C18H25N3O3. The van der Waals surface area contributed by atoms with Crippen molar-refractivity contribution in [3.63, 3.8) is 0 Å². The Kier molecular flexibility index (Phi) is 5.35. The summed E-state index contributed by atoms with van der Waals surface area (Å²) in [4.78, 5) is 27.7. The number of nitrogens with zero attached hydrogens (tertiary/aromatic N) is 2. The number of nitrogens with one attached hydrogen (secondary N) is 1. The van der Waals surface area contributed by atoms with E-state index in [4.69, 9.17) is 4.74 Å². The normalized spacial score (nSPS) is 21.2. The molecule has 1 unspecified atom stereocenters. The van der Waals surface area contributed by atoms with Gasteiger partial charge in [-0.2, -0.15) is 0 Å². The van der Waals surface area contributed by atoms with Crippen LogP contribution in [0.15, 0.2) is 24.3 Å². The van der Waals surface area contributed by atoms with Gasteiger partial charge in [-0.3, -0.25) is 4.79 Å². The maximum absolute atomic E-state index is 12.2. The average Bonchev–Trinajstić information content (AvgIpc) is 2.98. The first-order valence-electron chi connectivity index (χ1n) is 8.62. The maximum Gasteiger partial charge on any atom is 0.317 e. The van der Waals surface area contributed by atoms with Crippen molar-refractivity contribution in [2.75, 3.05) is 26.2 Å². The fraction of sp³-hybridized carbons (Fsp3) is 0.556. The molecule has 0 radical (unpaired) electrons. The first-order chi connectivity index (χ1) is 11.6. The van der Waals surface area contributed by atoms with Gasteiger partial charge in [-0.15, -0.1) is 0 Å². The molecule has 1 aromatic carbocycles. The van der Waals surface area contributed by atoms with Crippen LogP contribution in [0.2, 0.25) is 0 Å². The lowest BCUT2D eigenvalue weighted by molar-refractivity contribution is -0.128. The molecule has 2 aliphatic rings. The second kappa shape index (κ2) is 7.66. The van der Waals surface area contributed by atoms with Crippen LogP contribution in [-0.2, 0) is 22.6 Å². The molecule has 0 aliphatic carbocycles. The van der Waals surface area contributed by atoms with E-state index in [2.05, 4.69) is 11.4 Å². The van der Waals surface area contributed by atoms with Crippen molar-refractivity contribution in [1.29, 1.82) is 0 Å². The molecule has 0 saturated carbocycles. The Morgan fingerprint density at radius 1 is 1.33 bits per heavy atom. The smallest absolute Gasteiger partial charge is 0.317 e. The summed E-state index contributed by atoms with van der Waals surface area (Å²) in [7, 11) is 0. The molecule has 2 heterocycles. The van der Waals surface area contributed by atoms with Crippen molar-refractivity contribution in [3.8, 4) is 0 Å². The molecule has 0 bridgehead atoms. The molecule has 2 aliphatic heterocycles. The highest BCUT2D eigenvalue weighted by molar-refractivity contribution is 5.78. The number of carbonyl (C=O) groups is 2. The van der Waals surface area contributed by atoms with Gasteiger partial charge in [0.25, 0.3) is 0 Å². The molecule has 1 N–H and O–H groups in total. The number of hydrogen-bond donors (Lipinski definition) is 1. The van der Waals surface area contributed by atoms with Crippen molar-refractivity contribution < 1.29 is 14.3 Å². The van der Waals surface area contributed by atoms with Crippen molar-refractivity contribution >= 4 is 11.9 Å². The third-order valence-corrected chi connectivity index (χ3v) is 4.51. The molecule has 6 nitrogen and oxygen atoms in total. The Hall–Kier alpha value is -2.08. The lowest BCUT2D eigenvalue weighted by atomic mass is 10.1. The summed E-state index contributed by atoms with van der Waals surface area (Å²) in [5.41, 5.74) is 2.16. The van der Waals surface area contributed by atoms with E-state index in [9.17, 15) is 9.59 Å². The molecule has 24 heavy (non-hydrogen) atoms. The number of urea groups is 1. The van der Waals surface area contributed by atoms with Gasteiger partial charge in [-0.25, -0.2) is 4.79 Å². The minimum atomic E-state index is -0.0507. The number of hydrogen-bond acceptors (Lipinski definition) is 3. The zero-order valence-electron chi connectivity index (χ0n) is 14.2. The third-order valence-electron chi connectivity index (χ3n) is 4.51. The summed E-state index contributed by atoms with van der Waals surface area (Å²) in [6, 6.07) is 8.02. The van der Waals surface area contributed by atoms with Gasteiger partial charge in [0, 0.05) is 39.1 Å². The van der Waals surface area contributed by atoms with Crippen molar-refractivity contribution in [3.05, 3.63) is 35.4 Å². The predicted octanol–water partition coefficient (Wildman–Crippen LogP) is 1.74. The lowest BCUT2D eigenvalue weighted by Gasteiger charge is -2.31. The highest BCUT2D eigenvalue weighted by atomic mass is 16.5. The van der Waals surface area contributed by atoms with Crippen LogP contribution in [0.3, 0.4) is 0 Å². The van der Waals surface area contributed by atoms with Crippen molar-refractivity contribution in [2.45, 2.75) is 39.0 Å². The number of morpholine rings is 1. The summed E-state index contributed by atoms with van der Waals surface area (Å²) >= 11 is 0. The van der Waals surface area contributed by atoms with Crippen LogP contribution in [0.25, 0.3) is 0 Å². The van der Waals surface area contributed by atoms with Gasteiger partial charge in [0.05, 0.1) is 12.7 Å². The molecule has 3 rings (SSSR count). The van der Waals surface area contributed by atoms with Crippen molar-refractivity contribution in [1.82, 2.24) is 15.1 Å². The van der Waals surface area contributed by atoms with Crippen LogP contribution in [-0.4, -0.2) is 54.1 Å². The second-order valence-corrected chi connectivity index (χ2v) is 6.52. The minimum Gasteiger partial charge on any atom is -0.375 e. The van der Waals surface area contributed by atoms with Crippen LogP contribution < -0.4 is 5.32 Å². The second-order valence-electron chi connectivity index (χ2n) is 6.52. The number of ether oxygens (including phenoxy) is 1. The van der Waals surface area contributed by atoms with Gasteiger partial charge < -0.3 is 19.9 Å². The van der Waals surface area contributed by atoms with Crippen LogP contribution >= 0.6 is 0 Å². The summed E-state index contributed by atoms with van der Waals surface area (Å²) in [6.07, 6.45) is 1.70. The van der Waals surface area contributed by atoms with Gasteiger partial charge in [-0.1, -0.05) is 24.3 Å². The number of rotatable bonds is 4. The van der Waals surface area contributed by atoms with E-state index < -0.39 is 0 Å². The van der Waals surface area contributed by atoms with E-state index in [1.54, 1.807) is 4.90 Å². The largest absolute Gasteiger partial charge is 0.375 e. The molecule has 0 aromatic heterocycles. The first-order valence-corrected chi connectivity index (χ1v) is 8.62. The van der Waals surface area contributed by atoms with Gasteiger partial charge in [-0.05, 0) is 24.5 Å². The molecular weight excluding hydrogens is 306 g/mol. The third kappa shape index (κ3) is 4.26. The molecule has 6 heteroatoms. The Balaban J connectivity index is 1.52. The Labute approximate surface area is 142 Å². The fourth-order valence-corrected chi connectivity index (χ4v) is 3.22. The number of amides is 3. The first kappa shape index (κ1) is 16.8. The summed E-state index contributed by atoms with van der Waals surface area (Å²) in [6.45, 7) is 5.82. The van der Waals surface area contributed by atoms with E-state index in [1.807, 2.05) is 30.0 Å². The maximum atomic E-state index is 12.2. The molecule has 0 spiro atoms. The van der Waals surface area contributed by atoms with Crippen LogP contribution in [0, 0.1) is 0 Å². The van der Waals surface area contributed by atoms with Crippen molar-refractivity contribution in [2.24, 2.45) is 0 Å². The quantitative estimate of drug-likeness (QED) is 0.914. The summed E-state index contributed by atoms with van der Waals surface area (Å²) in [5.74, 6) is 0.232. The predicted molar refractivity (Wildman–Crippen MR) is 90.3 cm³/mol. The molecule has 130 valence electrons. The van der Waals surface area contributed by atoms with Crippen LogP contribution in [0.4, 0.5) is 4.79 Å². The number of benzene rings is 1. The Morgan fingerprint density at radius 3 is 2.92 bits per heavy atom. The fourth-order valence-electron chi connectivity index (χ4n) is 3.22. The van der Waals surface area contributed by atoms with E-state index in [1.165, 1.54) is 0 Å². The molecule has 2 saturated heterocycles. The van der Waals surface area contributed by atoms with E-state index in [-0.39, 0.29) is 18.0 Å². The van der Waals surface area contributed by atoms with Gasteiger partial charge >= 0.3 is 6.03 Å². The van der Waals surface area contributed by atoms with E-state index >= 15 is 0 Å². The molecule has 1 aromatic rings. The molecule has 1 atom stereocenters. The van der Waals surface area contributed by atoms with Gasteiger partial charge in [0.15, 0.2) is 0 Å². The SMILES string of the molecule is CC1CN(C(=O)NCc2cccc(CN3CCCC3=O)c2)CCO1. The van der Waals surface area contributed by atoms with Crippen LogP contribution in [0.1, 0.15) is 30.9 Å². The van der Waals surface area contributed by atoms with Gasteiger partial charge in [0.1, 0.15) is 0 Å². The topological polar surface area (TPSA) is 61.9 Å². The monoisotopic (exact) mass is 331 g/mol. The summed E-state index contributed by atoms with van der Waals surface area (Å²) < 4.78 is 5.45. The highest BCUT2D eigenvalue weighted by Gasteiger charge is 2.21.